The van der Waals surface area contributed by atoms with Gasteiger partial charge in [-0.3, -0.25) is 9.69 Å². The summed E-state index contributed by atoms with van der Waals surface area (Å²) in [7, 11) is 4.03. The van der Waals surface area contributed by atoms with Crippen molar-refractivity contribution in [1.82, 2.24) is 9.47 Å². The van der Waals surface area contributed by atoms with Crippen molar-refractivity contribution in [3.63, 3.8) is 0 Å². The molecule has 6 heteroatoms. The fraction of sp³-hybridized carbons (Fsp3) is 0.310. The molecule has 1 fully saturated rings. The van der Waals surface area contributed by atoms with E-state index in [0.29, 0.717) is 11.4 Å². The van der Waals surface area contributed by atoms with Gasteiger partial charge in [0.1, 0.15) is 0 Å². The van der Waals surface area contributed by atoms with Crippen LogP contribution in [-0.2, 0) is 11.2 Å². The highest BCUT2D eigenvalue weighted by Crippen LogP contribution is 2.36. The highest BCUT2D eigenvalue weighted by Gasteiger charge is 2.32. The predicted octanol–water partition coefficient (Wildman–Crippen LogP) is 6.65. The molecule has 0 N–H and O–H groups in total. The van der Waals surface area contributed by atoms with E-state index in [2.05, 4.69) is 61.4 Å². The maximum absolute atomic E-state index is 13.3. The molecule has 1 aliphatic rings. The normalized spacial score (nSPS) is 16.1. The van der Waals surface area contributed by atoms with Crippen LogP contribution in [0.2, 0.25) is 0 Å². The highest BCUT2D eigenvalue weighted by molar-refractivity contribution is 8.18. The Balaban J connectivity index is 1.70. The van der Waals surface area contributed by atoms with Gasteiger partial charge < -0.3 is 9.47 Å². The maximum atomic E-state index is 13.3. The van der Waals surface area contributed by atoms with Gasteiger partial charge in [-0.1, -0.05) is 25.1 Å². The molecule has 35 heavy (non-hydrogen) atoms. The van der Waals surface area contributed by atoms with Gasteiger partial charge in [0.05, 0.1) is 16.3 Å². The van der Waals surface area contributed by atoms with Gasteiger partial charge in [0.25, 0.3) is 5.91 Å². The Labute approximate surface area is 213 Å². The first-order valence-electron chi connectivity index (χ1n) is 12.1. The van der Waals surface area contributed by atoms with Crippen LogP contribution in [0.15, 0.2) is 58.4 Å². The monoisotopic (exact) mass is 486 g/mol. The van der Waals surface area contributed by atoms with Crippen LogP contribution in [0.5, 0.6) is 0 Å². The van der Waals surface area contributed by atoms with Gasteiger partial charge in [-0.2, -0.15) is 0 Å². The van der Waals surface area contributed by atoms with Crippen LogP contribution in [0.25, 0.3) is 11.8 Å². The number of aliphatic imine (C=N–C) groups is 1. The standard InChI is InChI=1S/C29H34N4OS/c1-8-22-12-10-11-19(3)27(22)33-20(4)17-23(21(33)5)18-26-28(34)32(9-2)29(35-26)30-24-13-15-25(16-14-24)31(6)7/h10-18H,8-9H2,1-7H3/b26-18-,30-29?. The molecule has 3 aromatic rings. The molecule has 1 aliphatic heterocycles. The number of likely N-dealkylation sites (N-methyl/N-ethyl adjacent to an activating group) is 1. The third-order valence-electron chi connectivity index (χ3n) is 6.48. The first-order chi connectivity index (χ1) is 16.7. The van der Waals surface area contributed by atoms with Gasteiger partial charge in [0, 0.05) is 37.7 Å². The molecule has 2 heterocycles. The van der Waals surface area contributed by atoms with Gasteiger partial charge in [-0.05, 0) is 99.0 Å². The summed E-state index contributed by atoms with van der Waals surface area (Å²) in [5, 5.41) is 0.724. The van der Waals surface area contributed by atoms with Gasteiger partial charge in [-0.15, -0.1) is 0 Å². The minimum absolute atomic E-state index is 0.0103. The summed E-state index contributed by atoms with van der Waals surface area (Å²) >= 11 is 1.45. The number of hydrogen-bond donors (Lipinski definition) is 0. The highest BCUT2D eigenvalue weighted by atomic mass is 32.2. The molecule has 0 spiro atoms. The quantitative estimate of drug-likeness (QED) is 0.366. The topological polar surface area (TPSA) is 40.8 Å². The number of rotatable bonds is 6. The van der Waals surface area contributed by atoms with E-state index in [0.717, 1.165) is 39.9 Å². The number of amides is 1. The minimum atomic E-state index is 0.0103. The predicted molar refractivity (Wildman–Crippen MR) is 150 cm³/mol. The van der Waals surface area contributed by atoms with E-state index in [1.807, 2.05) is 51.4 Å². The van der Waals surface area contributed by atoms with Crippen molar-refractivity contribution < 1.29 is 4.79 Å². The number of benzene rings is 2. The van der Waals surface area contributed by atoms with Crippen molar-refractivity contribution >= 4 is 40.3 Å². The molecule has 0 radical (unpaired) electrons. The van der Waals surface area contributed by atoms with E-state index >= 15 is 0 Å². The number of carbonyl (C=O) groups is 1. The lowest BCUT2D eigenvalue weighted by molar-refractivity contribution is -0.122. The van der Waals surface area contributed by atoms with Crippen molar-refractivity contribution in [3.05, 3.63) is 81.5 Å². The third-order valence-corrected chi connectivity index (χ3v) is 7.48. The Kier molecular flexibility index (Phi) is 7.22. The molecule has 1 amide bonds. The summed E-state index contributed by atoms with van der Waals surface area (Å²) in [4.78, 5) is 22.6. The van der Waals surface area contributed by atoms with Gasteiger partial charge in [0.15, 0.2) is 5.17 Å². The summed E-state index contributed by atoms with van der Waals surface area (Å²) in [6.45, 7) is 11.2. The lowest BCUT2D eigenvalue weighted by Gasteiger charge is -2.17. The molecule has 2 aromatic carbocycles. The van der Waals surface area contributed by atoms with Crippen molar-refractivity contribution in [1.29, 1.82) is 0 Å². The van der Waals surface area contributed by atoms with Crippen LogP contribution in [0.1, 0.15) is 41.9 Å². The molecule has 1 saturated heterocycles. The SMILES string of the molecule is CCc1cccc(C)c1-n1c(C)cc(/C=C2\SC(=Nc3ccc(N(C)C)cc3)N(CC)C2=O)c1C. The number of hydrogen-bond acceptors (Lipinski definition) is 4. The second-order valence-corrected chi connectivity index (χ2v) is 10.1. The second kappa shape index (κ2) is 10.2. The smallest absolute Gasteiger partial charge is 0.266 e. The fourth-order valence-electron chi connectivity index (χ4n) is 4.55. The summed E-state index contributed by atoms with van der Waals surface area (Å²) < 4.78 is 2.32. The molecule has 0 saturated carbocycles. The van der Waals surface area contributed by atoms with Gasteiger partial charge in [-0.25, -0.2) is 4.99 Å². The number of carbonyl (C=O) groups excluding carboxylic acids is 1. The largest absolute Gasteiger partial charge is 0.378 e. The molecule has 4 rings (SSSR count). The van der Waals surface area contributed by atoms with Gasteiger partial charge in [0.2, 0.25) is 0 Å². The lowest BCUT2D eigenvalue weighted by atomic mass is 10.1. The zero-order valence-electron chi connectivity index (χ0n) is 21.7. The van der Waals surface area contributed by atoms with Crippen LogP contribution < -0.4 is 4.90 Å². The molecule has 0 aliphatic carbocycles. The van der Waals surface area contributed by atoms with Crippen LogP contribution in [0.4, 0.5) is 11.4 Å². The minimum Gasteiger partial charge on any atom is -0.378 e. The Bertz CT molecular complexity index is 1320. The Morgan fingerprint density at radius 3 is 2.37 bits per heavy atom. The van der Waals surface area contributed by atoms with E-state index in [4.69, 9.17) is 4.99 Å². The number of amidine groups is 1. The van der Waals surface area contributed by atoms with E-state index < -0.39 is 0 Å². The van der Waals surface area contributed by atoms with Crippen molar-refractivity contribution in [2.45, 2.75) is 41.0 Å². The number of para-hydroxylation sites is 1. The molecule has 1 aromatic heterocycles. The zero-order valence-corrected chi connectivity index (χ0v) is 22.5. The number of nitrogens with zero attached hydrogens (tertiary/aromatic N) is 4. The van der Waals surface area contributed by atoms with Crippen molar-refractivity contribution in [2.24, 2.45) is 4.99 Å². The second-order valence-electron chi connectivity index (χ2n) is 9.06. The molecule has 0 atom stereocenters. The molecule has 5 nitrogen and oxygen atoms in total. The molecule has 0 unspecified atom stereocenters. The van der Waals surface area contributed by atoms with E-state index in [-0.39, 0.29) is 5.91 Å². The Morgan fingerprint density at radius 2 is 1.74 bits per heavy atom. The first-order valence-corrected chi connectivity index (χ1v) is 12.9. The molecule has 0 bridgehead atoms. The third kappa shape index (κ3) is 4.80. The Hall–Kier alpha value is -3.25. The van der Waals surface area contributed by atoms with Crippen molar-refractivity contribution in [2.75, 3.05) is 25.5 Å². The average molecular weight is 487 g/mol. The van der Waals surface area contributed by atoms with E-state index in [9.17, 15) is 4.79 Å². The molecule has 182 valence electrons. The molecular formula is C29H34N4OS. The lowest BCUT2D eigenvalue weighted by Crippen LogP contribution is -2.28. The van der Waals surface area contributed by atoms with Crippen LogP contribution in [0, 0.1) is 20.8 Å². The zero-order chi connectivity index (χ0) is 25.3. The van der Waals surface area contributed by atoms with Crippen LogP contribution in [0.3, 0.4) is 0 Å². The van der Waals surface area contributed by atoms with Crippen LogP contribution >= 0.6 is 11.8 Å². The number of aromatic nitrogens is 1. The van der Waals surface area contributed by atoms with Crippen molar-refractivity contribution in [3.8, 4) is 5.69 Å². The first kappa shape index (κ1) is 24.9. The van der Waals surface area contributed by atoms with Crippen LogP contribution in [-0.4, -0.2) is 41.2 Å². The summed E-state index contributed by atoms with van der Waals surface area (Å²) in [5.74, 6) is 0.0103. The maximum Gasteiger partial charge on any atom is 0.266 e. The number of thioether (sulfide) groups is 1. The number of aryl methyl sites for hydroxylation is 3. The number of anilines is 1. The fourth-order valence-corrected chi connectivity index (χ4v) is 5.60. The average Bonchev–Trinajstić information content (AvgIpc) is 3.28. The summed E-state index contributed by atoms with van der Waals surface area (Å²) in [6.07, 6.45) is 3.00. The molecular weight excluding hydrogens is 452 g/mol. The summed E-state index contributed by atoms with van der Waals surface area (Å²) in [5.41, 5.74) is 9.15. The summed E-state index contributed by atoms with van der Waals surface area (Å²) in [6, 6.07) is 16.7. The van der Waals surface area contributed by atoms with Gasteiger partial charge >= 0.3 is 0 Å². The van der Waals surface area contributed by atoms with E-state index in [1.54, 1.807) is 4.90 Å². The van der Waals surface area contributed by atoms with E-state index in [1.165, 1.54) is 28.6 Å². The Morgan fingerprint density at radius 1 is 1.03 bits per heavy atom.